The lowest BCUT2D eigenvalue weighted by molar-refractivity contribution is 0.121. The molecule has 0 bridgehead atoms. The highest BCUT2D eigenvalue weighted by molar-refractivity contribution is 5.98. The third-order valence-corrected chi connectivity index (χ3v) is 7.24. The van der Waals surface area contributed by atoms with E-state index in [1.807, 2.05) is 54.6 Å². The molecule has 2 aromatic carbocycles. The Kier molecular flexibility index (Phi) is 5.74. The molecule has 1 saturated carbocycles. The van der Waals surface area contributed by atoms with Crippen LogP contribution in [0.25, 0.3) is 22.3 Å². The zero-order chi connectivity index (χ0) is 24.5. The van der Waals surface area contributed by atoms with Crippen molar-refractivity contribution >= 4 is 16.9 Å². The Morgan fingerprint density at radius 2 is 1.57 bits per heavy atom. The summed E-state index contributed by atoms with van der Waals surface area (Å²) in [4.78, 5) is 11.4. The van der Waals surface area contributed by atoms with Gasteiger partial charge in [-0.25, -0.2) is 14.6 Å². The number of para-hydroxylation sites is 1. The summed E-state index contributed by atoms with van der Waals surface area (Å²) in [6.45, 7) is 3.64. The molecule has 0 radical (unpaired) electrons. The summed E-state index contributed by atoms with van der Waals surface area (Å²) in [5.74, 6) is 2.02. The number of anilines is 1. The summed E-state index contributed by atoms with van der Waals surface area (Å²) in [6.07, 6.45) is 5.89. The van der Waals surface area contributed by atoms with Crippen LogP contribution in [-0.2, 0) is 0 Å². The number of rotatable bonds is 5. The summed E-state index contributed by atoms with van der Waals surface area (Å²) in [5.41, 5.74) is 8.91. The first-order valence-corrected chi connectivity index (χ1v) is 12.5. The van der Waals surface area contributed by atoms with E-state index in [-0.39, 0.29) is 6.04 Å². The predicted octanol–water partition coefficient (Wildman–Crippen LogP) is 4.26. The van der Waals surface area contributed by atoms with Gasteiger partial charge in [-0.2, -0.15) is 5.10 Å². The fraction of sp³-hybridized carbons (Fsp3) is 0.370. The van der Waals surface area contributed by atoms with Gasteiger partial charge in [0.05, 0.1) is 11.4 Å². The van der Waals surface area contributed by atoms with Gasteiger partial charge in [0.15, 0.2) is 5.65 Å². The van der Waals surface area contributed by atoms with Gasteiger partial charge in [-0.1, -0.05) is 18.2 Å². The van der Waals surface area contributed by atoms with Crippen molar-refractivity contribution in [2.75, 3.05) is 31.9 Å². The van der Waals surface area contributed by atoms with Crippen LogP contribution in [0.15, 0.2) is 60.9 Å². The number of ether oxygens (including phenoxy) is 1. The highest BCUT2D eigenvalue weighted by Crippen LogP contribution is 2.37. The predicted molar refractivity (Wildman–Crippen MR) is 137 cm³/mol. The van der Waals surface area contributed by atoms with Crippen molar-refractivity contribution in [3.63, 3.8) is 0 Å². The van der Waals surface area contributed by atoms with Crippen molar-refractivity contribution in [2.45, 2.75) is 37.8 Å². The Balaban J connectivity index is 1.24. The van der Waals surface area contributed by atoms with Crippen LogP contribution in [0.5, 0.6) is 11.5 Å². The number of nitrogens with zero attached hydrogens (tertiary/aromatic N) is 5. The average Bonchev–Trinajstić information content (AvgIpc) is 3.31. The van der Waals surface area contributed by atoms with Crippen LogP contribution in [0.2, 0.25) is 1.41 Å². The fourth-order valence-corrected chi connectivity index (χ4v) is 5.41. The number of hydrogen-bond donors (Lipinski definition) is 2. The van der Waals surface area contributed by atoms with Crippen LogP contribution >= 0.6 is 0 Å². The van der Waals surface area contributed by atoms with Crippen LogP contribution < -0.4 is 15.8 Å². The molecule has 35 heavy (non-hydrogen) atoms. The van der Waals surface area contributed by atoms with E-state index in [0.29, 0.717) is 11.9 Å². The van der Waals surface area contributed by atoms with Crippen LogP contribution in [0.4, 0.5) is 5.82 Å². The average molecular weight is 471 g/mol. The van der Waals surface area contributed by atoms with Crippen LogP contribution in [0.3, 0.4) is 0 Å². The molecule has 180 valence electrons. The number of nitrogens with one attached hydrogen (secondary N) is 1. The fourth-order valence-electron chi connectivity index (χ4n) is 5.41. The van der Waals surface area contributed by atoms with E-state index in [1.54, 1.807) is 5.31 Å². The molecule has 3 heterocycles. The van der Waals surface area contributed by atoms with Gasteiger partial charge in [-0.3, -0.25) is 4.90 Å². The molecule has 2 aliphatic rings. The molecule has 3 N–H and O–H groups in total. The summed E-state index contributed by atoms with van der Waals surface area (Å²) in [5, 5.41) is 7.53. The van der Waals surface area contributed by atoms with Crippen molar-refractivity contribution < 1.29 is 6.15 Å². The molecule has 1 aliphatic carbocycles. The molecule has 2 fully saturated rings. The number of benzene rings is 2. The maximum atomic E-state index is 7.82. The number of nitrogen functional groups attached to an aromatic ring is 1. The van der Waals surface area contributed by atoms with E-state index in [1.165, 1.54) is 6.33 Å². The van der Waals surface area contributed by atoms with Gasteiger partial charge in [0.2, 0.25) is 0 Å². The topological polar surface area (TPSA) is 94.1 Å². The summed E-state index contributed by atoms with van der Waals surface area (Å²) in [7, 11) is 0. The first kappa shape index (κ1) is 20.8. The molecule has 0 unspecified atom stereocenters. The van der Waals surface area contributed by atoms with Gasteiger partial charge in [-0.05, 0) is 62.1 Å². The second kappa shape index (κ2) is 9.64. The highest BCUT2D eigenvalue weighted by Gasteiger charge is 2.30. The number of nitrogens with two attached hydrogens (primary N) is 1. The Morgan fingerprint density at radius 3 is 2.31 bits per heavy atom. The molecule has 2 aromatic heterocycles. The Hall–Kier alpha value is -3.49. The van der Waals surface area contributed by atoms with Gasteiger partial charge < -0.3 is 15.8 Å². The largest absolute Gasteiger partial charge is 0.457 e. The summed E-state index contributed by atoms with van der Waals surface area (Å²) in [6, 6.07) is 18.6. The zero-order valence-electron chi connectivity index (χ0n) is 20.8. The maximum Gasteiger partial charge on any atom is 0.164 e. The number of fused-ring (bicyclic) bond motifs is 1. The number of aromatic nitrogens is 4. The van der Waals surface area contributed by atoms with Crippen molar-refractivity contribution in [1.82, 2.24) is 30.0 Å². The van der Waals surface area contributed by atoms with Gasteiger partial charge in [0, 0.05) is 37.8 Å². The third-order valence-electron chi connectivity index (χ3n) is 7.24. The summed E-state index contributed by atoms with van der Waals surface area (Å²) >= 11 is 0. The Morgan fingerprint density at radius 1 is 0.886 bits per heavy atom. The summed E-state index contributed by atoms with van der Waals surface area (Å²) < 4.78 is 15.8. The lowest BCUT2D eigenvalue weighted by atomic mass is 9.90. The van der Waals surface area contributed by atoms with Crippen molar-refractivity contribution in [1.29, 1.82) is 0 Å². The molecule has 0 spiro atoms. The van der Waals surface area contributed by atoms with Gasteiger partial charge in [-0.15, -0.1) is 0 Å². The molecule has 4 aromatic rings. The van der Waals surface area contributed by atoms with Crippen molar-refractivity contribution in [3.8, 4) is 22.8 Å². The van der Waals surface area contributed by atoms with Crippen molar-refractivity contribution in [3.05, 3.63) is 60.9 Å². The first-order valence-electron chi connectivity index (χ1n) is 12.9. The van der Waals surface area contributed by atoms with Crippen LogP contribution in [0, 0.1) is 0 Å². The van der Waals surface area contributed by atoms with E-state index in [0.717, 1.165) is 85.7 Å². The molecule has 0 atom stereocenters. The molecule has 8 heteroatoms. The minimum atomic E-state index is 0.282. The molecule has 6 rings (SSSR count). The van der Waals surface area contributed by atoms with E-state index in [9.17, 15) is 0 Å². The number of hydrogen-bond acceptors (Lipinski definition) is 7. The molecular formula is C27H31N7O. The minimum Gasteiger partial charge on any atom is -0.457 e. The zero-order valence-corrected chi connectivity index (χ0v) is 19.8. The Bertz CT molecular complexity index is 1310. The van der Waals surface area contributed by atoms with Crippen LogP contribution in [-0.4, -0.2) is 56.9 Å². The maximum absolute atomic E-state index is 7.82. The lowest BCUT2D eigenvalue weighted by Gasteiger charge is -2.39. The van der Waals surface area contributed by atoms with Gasteiger partial charge >= 0.3 is 0 Å². The smallest absolute Gasteiger partial charge is 0.164 e. The monoisotopic (exact) mass is 470 g/mol. The second-order valence-electron chi connectivity index (χ2n) is 9.36. The van der Waals surface area contributed by atoms with E-state index in [2.05, 4.69) is 19.5 Å². The first-order chi connectivity index (χ1) is 17.7. The van der Waals surface area contributed by atoms with E-state index < -0.39 is 0 Å². The molecule has 8 nitrogen and oxygen atoms in total. The molecule has 1 aliphatic heterocycles. The quantitative estimate of drug-likeness (QED) is 0.450. The normalized spacial score (nSPS) is 22.2. The van der Waals surface area contributed by atoms with Crippen molar-refractivity contribution in [2.24, 2.45) is 0 Å². The third kappa shape index (κ3) is 4.47. The molecule has 0 amide bonds. The van der Waals surface area contributed by atoms with Gasteiger partial charge in [0.1, 0.15) is 30.7 Å². The molecule has 1 saturated heterocycles. The SMILES string of the molecule is [2H]N1CCN(C2CCC(n3nc(-c4ccc(Oc5ccccc5)cc4)c4c(N)ncnc43)CC2)CC1. The second-order valence-corrected chi connectivity index (χ2v) is 9.36. The minimum absolute atomic E-state index is 0.282. The Labute approximate surface area is 206 Å². The van der Waals surface area contributed by atoms with E-state index in [4.69, 9.17) is 17.0 Å². The lowest BCUT2D eigenvalue weighted by Crippen LogP contribution is -2.49. The molecular weight excluding hydrogens is 438 g/mol. The number of piperazine rings is 1. The van der Waals surface area contributed by atoms with Crippen LogP contribution in [0.1, 0.15) is 31.7 Å². The van der Waals surface area contributed by atoms with Gasteiger partial charge in [0.25, 0.3) is 0 Å². The van der Waals surface area contributed by atoms with E-state index >= 15 is 0 Å². The highest BCUT2D eigenvalue weighted by atomic mass is 16.5. The standard InChI is InChI=1S/C27H31N7O/c28-26-24-25(19-6-12-23(13-7-19)35-22-4-2-1-3-5-22)32-34(27(24)31-18-30-26)21-10-8-20(9-11-21)33-16-14-29-15-17-33/h1-7,12-13,18,20-21,29H,8-11,14-17H2,(H2,28,30,31)/i/hD.